The van der Waals surface area contributed by atoms with E-state index in [1.165, 1.54) is 12.1 Å². The molecule has 3 fully saturated rings. The fourth-order valence-corrected chi connectivity index (χ4v) is 5.74. The summed E-state index contributed by atoms with van der Waals surface area (Å²) in [5.41, 5.74) is 2.20. The lowest BCUT2D eigenvalue weighted by Crippen LogP contribution is -2.62. The zero-order valence-corrected chi connectivity index (χ0v) is 20.0. The first-order chi connectivity index (χ1) is 17.0. The van der Waals surface area contributed by atoms with E-state index in [0.29, 0.717) is 32.1 Å². The van der Waals surface area contributed by atoms with Crippen LogP contribution in [-0.4, -0.2) is 73.8 Å². The van der Waals surface area contributed by atoms with Crippen molar-refractivity contribution < 1.29 is 23.5 Å². The molecule has 3 heterocycles. The first-order valence-electron chi connectivity index (χ1n) is 12.4. The van der Waals surface area contributed by atoms with Gasteiger partial charge in [0.2, 0.25) is 5.91 Å². The summed E-state index contributed by atoms with van der Waals surface area (Å²) >= 11 is 0. The normalized spacial score (nSPS) is 23.9. The van der Waals surface area contributed by atoms with E-state index >= 15 is 0 Å². The van der Waals surface area contributed by atoms with Gasteiger partial charge in [-0.25, -0.2) is 9.18 Å². The van der Waals surface area contributed by atoms with Crippen LogP contribution >= 0.6 is 0 Å². The smallest absolute Gasteiger partial charge is 0.320 e. The molecule has 3 saturated heterocycles. The molecular weight excluding hydrogens is 449 g/mol. The number of hydrogen-bond donors (Lipinski definition) is 1. The van der Waals surface area contributed by atoms with E-state index in [0.717, 1.165) is 36.1 Å². The zero-order valence-electron chi connectivity index (χ0n) is 20.0. The lowest BCUT2D eigenvalue weighted by atomic mass is 9.76. The predicted octanol–water partition coefficient (Wildman–Crippen LogP) is 3.39. The molecule has 2 aromatic rings. The van der Waals surface area contributed by atoms with Crippen molar-refractivity contribution in [2.45, 2.75) is 37.3 Å². The van der Waals surface area contributed by atoms with Crippen LogP contribution in [0.2, 0.25) is 0 Å². The molecule has 0 aromatic heterocycles. The third-order valence-corrected chi connectivity index (χ3v) is 7.56. The molecule has 0 spiro atoms. The van der Waals surface area contributed by atoms with Crippen LogP contribution in [0, 0.1) is 11.7 Å². The molecule has 3 aliphatic rings. The number of hydrogen-bond acceptors (Lipinski definition) is 4. The van der Waals surface area contributed by atoms with E-state index in [-0.39, 0.29) is 42.4 Å². The molecule has 0 aliphatic carbocycles. The summed E-state index contributed by atoms with van der Waals surface area (Å²) in [6.07, 6.45) is 2.42. The largest absolute Gasteiger partial charge is 0.497 e. The second kappa shape index (κ2) is 10.2. The number of methoxy groups -OCH3 is 1. The summed E-state index contributed by atoms with van der Waals surface area (Å²) in [6, 6.07) is 14.7. The Kier molecular flexibility index (Phi) is 6.90. The van der Waals surface area contributed by atoms with Crippen LogP contribution in [0.15, 0.2) is 48.5 Å². The van der Waals surface area contributed by atoms with Crippen molar-refractivity contribution in [1.29, 1.82) is 0 Å². The third-order valence-electron chi connectivity index (χ3n) is 7.56. The van der Waals surface area contributed by atoms with Gasteiger partial charge in [0.25, 0.3) is 0 Å². The van der Waals surface area contributed by atoms with E-state index < -0.39 is 0 Å². The number of nitrogens with zero attached hydrogens (tertiary/aromatic N) is 2. The van der Waals surface area contributed by atoms with Crippen molar-refractivity contribution in [3.63, 3.8) is 0 Å². The van der Waals surface area contributed by atoms with Gasteiger partial charge in [0.15, 0.2) is 0 Å². The number of rotatable bonds is 4. The molecule has 0 bridgehead atoms. The number of halogens is 1. The molecule has 0 unspecified atom stereocenters. The molecule has 186 valence electrons. The number of carbonyl (C=O) groups is 2. The lowest BCUT2D eigenvalue weighted by Gasteiger charge is -2.44. The quantitative estimate of drug-likeness (QED) is 0.727. The maximum atomic E-state index is 13.7. The molecule has 2 aromatic carbocycles. The molecule has 5 rings (SSSR count). The Balaban J connectivity index is 1.27. The van der Waals surface area contributed by atoms with E-state index in [2.05, 4.69) is 17.4 Å². The van der Waals surface area contributed by atoms with Gasteiger partial charge < -0.3 is 24.6 Å². The van der Waals surface area contributed by atoms with Gasteiger partial charge in [-0.2, -0.15) is 0 Å². The van der Waals surface area contributed by atoms with E-state index in [4.69, 9.17) is 9.47 Å². The van der Waals surface area contributed by atoms with Crippen molar-refractivity contribution in [2.24, 2.45) is 5.92 Å². The van der Waals surface area contributed by atoms with Gasteiger partial charge in [0.1, 0.15) is 18.2 Å². The Labute approximate surface area is 205 Å². The second-order valence-electron chi connectivity index (χ2n) is 9.67. The highest BCUT2D eigenvalue weighted by Crippen LogP contribution is 2.39. The van der Waals surface area contributed by atoms with Gasteiger partial charge in [0, 0.05) is 32.1 Å². The van der Waals surface area contributed by atoms with E-state index in [9.17, 15) is 14.0 Å². The topological polar surface area (TPSA) is 71.1 Å². The standard InChI is InChI=1S/C27H32FN3O4/c1-34-22-4-2-3-20(15-22)26(18-5-7-21(28)8-6-18)19-9-12-30(13-10-19)27(33)31-14-11-24-23(16-31)29-25(32)17-35-24/h2-8,15,19,23-24,26H,9-14,16-17H2,1H3,(H,29,32)/t23-,24+,26+/m1/s1. The van der Waals surface area contributed by atoms with Crippen LogP contribution in [0.5, 0.6) is 5.75 Å². The summed E-state index contributed by atoms with van der Waals surface area (Å²) in [5.74, 6) is 0.832. The molecule has 3 amide bonds. The van der Waals surface area contributed by atoms with Crippen LogP contribution in [0.1, 0.15) is 36.3 Å². The lowest BCUT2D eigenvalue weighted by molar-refractivity contribution is -0.139. The highest BCUT2D eigenvalue weighted by molar-refractivity contribution is 5.79. The van der Waals surface area contributed by atoms with E-state index in [1.54, 1.807) is 7.11 Å². The molecule has 7 nitrogen and oxygen atoms in total. The van der Waals surface area contributed by atoms with Gasteiger partial charge >= 0.3 is 6.03 Å². The Morgan fingerprint density at radius 1 is 1.06 bits per heavy atom. The number of benzene rings is 2. The van der Waals surface area contributed by atoms with Crippen molar-refractivity contribution in [3.05, 3.63) is 65.5 Å². The number of carbonyl (C=O) groups excluding carboxylic acids is 2. The first kappa shape index (κ1) is 23.6. The van der Waals surface area contributed by atoms with Gasteiger partial charge in [-0.15, -0.1) is 0 Å². The Hall–Kier alpha value is -3.13. The van der Waals surface area contributed by atoms with Crippen LogP contribution in [0.4, 0.5) is 9.18 Å². The predicted molar refractivity (Wildman–Crippen MR) is 129 cm³/mol. The fraction of sp³-hybridized carbons (Fsp3) is 0.481. The highest BCUT2D eigenvalue weighted by Gasteiger charge is 2.38. The van der Waals surface area contributed by atoms with Crippen LogP contribution in [-0.2, 0) is 9.53 Å². The Bertz CT molecular complexity index is 1050. The molecule has 3 aliphatic heterocycles. The third kappa shape index (κ3) is 5.12. The van der Waals surface area contributed by atoms with Gasteiger partial charge in [-0.3, -0.25) is 4.79 Å². The van der Waals surface area contributed by atoms with Crippen LogP contribution < -0.4 is 10.1 Å². The summed E-state index contributed by atoms with van der Waals surface area (Å²) < 4.78 is 24.7. The number of ether oxygens (including phenoxy) is 2. The average molecular weight is 482 g/mol. The van der Waals surface area contributed by atoms with Crippen molar-refractivity contribution in [3.8, 4) is 5.75 Å². The molecule has 3 atom stereocenters. The molecule has 0 radical (unpaired) electrons. The van der Waals surface area contributed by atoms with Crippen LogP contribution in [0.3, 0.4) is 0 Å². The van der Waals surface area contributed by atoms with Gasteiger partial charge in [-0.05, 0) is 60.6 Å². The Morgan fingerprint density at radius 2 is 1.80 bits per heavy atom. The maximum absolute atomic E-state index is 13.7. The molecule has 8 heteroatoms. The summed E-state index contributed by atoms with van der Waals surface area (Å²) in [7, 11) is 1.66. The van der Waals surface area contributed by atoms with Crippen molar-refractivity contribution in [1.82, 2.24) is 15.1 Å². The molecule has 35 heavy (non-hydrogen) atoms. The highest BCUT2D eigenvalue weighted by atomic mass is 19.1. The Morgan fingerprint density at radius 3 is 2.54 bits per heavy atom. The number of amides is 3. The van der Waals surface area contributed by atoms with E-state index in [1.807, 2.05) is 34.1 Å². The minimum Gasteiger partial charge on any atom is -0.497 e. The number of urea groups is 1. The average Bonchev–Trinajstić information content (AvgIpc) is 2.89. The number of piperidine rings is 2. The summed E-state index contributed by atoms with van der Waals surface area (Å²) in [5, 5.41) is 2.96. The maximum Gasteiger partial charge on any atom is 0.320 e. The minimum absolute atomic E-state index is 0.0122. The second-order valence-corrected chi connectivity index (χ2v) is 9.67. The first-order valence-corrected chi connectivity index (χ1v) is 12.4. The zero-order chi connectivity index (χ0) is 24.4. The SMILES string of the molecule is COc1cccc([C@@H](c2ccc(F)cc2)C2CCN(C(=O)N3CC[C@@H]4OCC(=O)N[C@@H]4C3)CC2)c1. The van der Waals surface area contributed by atoms with Crippen molar-refractivity contribution in [2.75, 3.05) is 39.9 Å². The minimum atomic E-state index is -0.248. The summed E-state index contributed by atoms with van der Waals surface area (Å²) in [6.45, 7) is 2.55. The molecular formula is C27H32FN3O4. The molecule has 1 N–H and O–H groups in total. The molecule has 0 saturated carbocycles. The fourth-order valence-electron chi connectivity index (χ4n) is 5.74. The van der Waals surface area contributed by atoms with Gasteiger partial charge in [0.05, 0.1) is 19.3 Å². The van der Waals surface area contributed by atoms with Crippen LogP contribution in [0.25, 0.3) is 0 Å². The number of nitrogens with one attached hydrogen (secondary N) is 1. The number of fused-ring (bicyclic) bond motifs is 1. The van der Waals surface area contributed by atoms with Gasteiger partial charge in [-0.1, -0.05) is 24.3 Å². The number of morpholine rings is 1. The monoisotopic (exact) mass is 481 g/mol. The summed E-state index contributed by atoms with van der Waals surface area (Å²) in [4.78, 5) is 28.8. The number of likely N-dealkylation sites (tertiary alicyclic amines) is 2. The van der Waals surface area contributed by atoms with Crippen molar-refractivity contribution >= 4 is 11.9 Å².